The Hall–Kier alpha value is -2.30. The molecule has 1 unspecified atom stereocenters. The van der Waals surface area contributed by atoms with Crippen LogP contribution >= 0.6 is 0 Å². The van der Waals surface area contributed by atoms with Gasteiger partial charge in [-0.3, -0.25) is 0 Å². The summed E-state index contributed by atoms with van der Waals surface area (Å²) in [6.07, 6.45) is 0.234. The van der Waals surface area contributed by atoms with Gasteiger partial charge in [-0.1, -0.05) is 13.3 Å². The average molecular weight is 276 g/mol. The van der Waals surface area contributed by atoms with Crippen molar-refractivity contribution in [1.82, 2.24) is 0 Å². The molecule has 0 fully saturated rings. The van der Waals surface area contributed by atoms with E-state index in [-0.39, 0.29) is 0 Å². The number of aliphatic carboxylic acids is 1. The van der Waals surface area contributed by atoms with Crippen LogP contribution < -0.4 is 10.4 Å². The quantitative estimate of drug-likeness (QED) is 0.850. The van der Waals surface area contributed by atoms with E-state index < -0.39 is 17.7 Å². The number of aryl methyl sites for hydroxylation is 1. The molecule has 0 aliphatic carbocycles. The highest BCUT2D eigenvalue weighted by atomic mass is 16.5. The van der Waals surface area contributed by atoms with Crippen molar-refractivity contribution in [3.8, 4) is 5.75 Å². The van der Waals surface area contributed by atoms with E-state index in [1.165, 1.54) is 6.07 Å². The van der Waals surface area contributed by atoms with Crippen molar-refractivity contribution in [2.24, 2.45) is 0 Å². The molecule has 2 rings (SSSR count). The standard InChI is InChI=1S/C15H16O5/c1-3-4-12(15(17)18)19-10-5-6-11-9(2)7-14(16)20-13(11)8-10/h5-8,12H,3-4H2,1-2H3,(H,17,18). The lowest BCUT2D eigenvalue weighted by atomic mass is 10.1. The molecule has 2 aromatic rings. The van der Waals surface area contributed by atoms with E-state index in [0.717, 1.165) is 10.9 Å². The average Bonchev–Trinajstić information content (AvgIpc) is 2.37. The van der Waals surface area contributed by atoms with E-state index >= 15 is 0 Å². The van der Waals surface area contributed by atoms with E-state index in [2.05, 4.69) is 0 Å². The van der Waals surface area contributed by atoms with Crippen LogP contribution in [0.15, 0.2) is 33.5 Å². The zero-order valence-corrected chi connectivity index (χ0v) is 11.4. The summed E-state index contributed by atoms with van der Waals surface area (Å²) in [5.41, 5.74) is 0.773. The van der Waals surface area contributed by atoms with Gasteiger partial charge in [0.2, 0.25) is 0 Å². The second-order valence-electron chi connectivity index (χ2n) is 4.64. The van der Waals surface area contributed by atoms with E-state index in [9.17, 15) is 9.59 Å². The van der Waals surface area contributed by atoms with Gasteiger partial charge in [-0.15, -0.1) is 0 Å². The highest BCUT2D eigenvalue weighted by Crippen LogP contribution is 2.23. The molecular formula is C15H16O5. The van der Waals surface area contributed by atoms with Crippen LogP contribution in [0.25, 0.3) is 11.0 Å². The Morgan fingerprint density at radius 3 is 2.80 bits per heavy atom. The van der Waals surface area contributed by atoms with Gasteiger partial charge >= 0.3 is 11.6 Å². The first-order valence-corrected chi connectivity index (χ1v) is 6.45. The van der Waals surface area contributed by atoms with Crippen molar-refractivity contribution in [1.29, 1.82) is 0 Å². The molecule has 1 heterocycles. The lowest BCUT2D eigenvalue weighted by molar-refractivity contribution is -0.145. The zero-order valence-electron chi connectivity index (χ0n) is 11.4. The molecular weight excluding hydrogens is 260 g/mol. The van der Waals surface area contributed by atoms with Gasteiger partial charge in [-0.2, -0.15) is 0 Å². The number of fused-ring (bicyclic) bond motifs is 1. The van der Waals surface area contributed by atoms with Crippen molar-refractivity contribution < 1.29 is 19.1 Å². The smallest absolute Gasteiger partial charge is 0.344 e. The number of hydrogen-bond acceptors (Lipinski definition) is 4. The Balaban J connectivity index is 2.36. The van der Waals surface area contributed by atoms with Gasteiger partial charge in [0.1, 0.15) is 11.3 Å². The molecule has 1 aromatic carbocycles. The minimum atomic E-state index is -1.00. The van der Waals surface area contributed by atoms with E-state index in [1.54, 1.807) is 18.2 Å². The summed E-state index contributed by atoms with van der Waals surface area (Å²) < 4.78 is 10.5. The maximum atomic E-state index is 11.3. The van der Waals surface area contributed by atoms with Gasteiger partial charge in [0.05, 0.1) is 0 Å². The van der Waals surface area contributed by atoms with Gasteiger partial charge in [0, 0.05) is 17.5 Å². The van der Waals surface area contributed by atoms with Crippen LogP contribution in [0.5, 0.6) is 5.75 Å². The SMILES string of the molecule is CCCC(Oc1ccc2c(C)cc(=O)oc2c1)C(=O)O. The first-order valence-electron chi connectivity index (χ1n) is 6.45. The molecule has 1 N–H and O–H groups in total. The summed E-state index contributed by atoms with van der Waals surface area (Å²) in [6, 6.07) is 6.41. The summed E-state index contributed by atoms with van der Waals surface area (Å²) in [7, 11) is 0. The van der Waals surface area contributed by atoms with Crippen LogP contribution in [-0.2, 0) is 4.79 Å². The largest absolute Gasteiger partial charge is 0.479 e. The number of rotatable bonds is 5. The molecule has 5 heteroatoms. The van der Waals surface area contributed by atoms with Crippen LogP contribution in [0.2, 0.25) is 0 Å². The minimum absolute atomic E-state index is 0.382. The van der Waals surface area contributed by atoms with Crippen LogP contribution in [0, 0.1) is 6.92 Å². The van der Waals surface area contributed by atoms with Gasteiger partial charge in [0.25, 0.3) is 0 Å². The van der Waals surface area contributed by atoms with Gasteiger partial charge in [0.15, 0.2) is 6.10 Å². The molecule has 0 aliphatic heterocycles. The fraction of sp³-hybridized carbons (Fsp3) is 0.333. The summed E-state index contributed by atoms with van der Waals surface area (Å²) in [5, 5.41) is 9.87. The van der Waals surface area contributed by atoms with Gasteiger partial charge in [-0.05, 0) is 31.0 Å². The Morgan fingerprint density at radius 1 is 1.40 bits per heavy atom. The van der Waals surface area contributed by atoms with Crippen LogP contribution in [0.3, 0.4) is 0 Å². The second kappa shape index (κ2) is 5.77. The van der Waals surface area contributed by atoms with Crippen LogP contribution in [0.1, 0.15) is 25.3 Å². The summed E-state index contributed by atoms with van der Waals surface area (Å²) in [4.78, 5) is 22.4. The van der Waals surface area contributed by atoms with Crippen LogP contribution in [-0.4, -0.2) is 17.2 Å². The van der Waals surface area contributed by atoms with Crippen LogP contribution in [0.4, 0.5) is 0 Å². The van der Waals surface area contributed by atoms with Crippen molar-refractivity contribution >= 4 is 16.9 Å². The normalized spacial score (nSPS) is 12.3. The fourth-order valence-corrected chi connectivity index (χ4v) is 2.04. The molecule has 5 nitrogen and oxygen atoms in total. The van der Waals surface area contributed by atoms with Crippen molar-refractivity contribution in [3.05, 3.63) is 40.2 Å². The molecule has 0 saturated carbocycles. The molecule has 20 heavy (non-hydrogen) atoms. The molecule has 0 spiro atoms. The summed E-state index contributed by atoms with van der Waals surface area (Å²) >= 11 is 0. The summed E-state index contributed by atoms with van der Waals surface area (Å²) in [5.74, 6) is -0.621. The highest BCUT2D eigenvalue weighted by molar-refractivity contribution is 5.81. The van der Waals surface area contributed by atoms with E-state index in [0.29, 0.717) is 24.2 Å². The Labute approximate surface area is 115 Å². The number of benzene rings is 1. The first-order chi connectivity index (χ1) is 9.51. The number of carboxylic acids is 1. The van der Waals surface area contributed by atoms with Crippen molar-refractivity contribution in [3.63, 3.8) is 0 Å². The van der Waals surface area contributed by atoms with E-state index in [4.69, 9.17) is 14.3 Å². The number of hydrogen-bond donors (Lipinski definition) is 1. The monoisotopic (exact) mass is 276 g/mol. The third kappa shape index (κ3) is 2.99. The molecule has 0 amide bonds. The van der Waals surface area contributed by atoms with Crippen molar-refractivity contribution in [2.75, 3.05) is 0 Å². The Bertz CT molecular complexity index is 686. The predicted molar refractivity (Wildman–Crippen MR) is 74.2 cm³/mol. The molecule has 1 aromatic heterocycles. The highest BCUT2D eigenvalue weighted by Gasteiger charge is 2.18. The first kappa shape index (κ1) is 14.1. The van der Waals surface area contributed by atoms with Gasteiger partial charge in [-0.25, -0.2) is 9.59 Å². The number of carbonyl (C=O) groups is 1. The number of carboxylic acid groups (broad SMARTS) is 1. The Morgan fingerprint density at radius 2 is 2.15 bits per heavy atom. The fourth-order valence-electron chi connectivity index (χ4n) is 2.04. The molecule has 0 radical (unpaired) electrons. The van der Waals surface area contributed by atoms with Crippen molar-refractivity contribution in [2.45, 2.75) is 32.8 Å². The minimum Gasteiger partial charge on any atom is -0.479 e. The third-order valence-corrected chi connectivity index (χ3v) is 3.03. The molecule has 1 atom stereocenters. The predicted octanol–water partition coefficient (Wildman–Crippen LogP) is 2.73. The lowest BCUT2D eigenvalue weighted by Gasteiger charge is -2.14. The number of ether oxygens (including phenoxy) is 1. The molecule has 0 saturated heterocycles. The third-order valence-electron chi connectivity index (χ3n) is 3.03. The lowest BCUT2D eigenvalue weighted by Crippen LogP contribution is -2.26. The second-order valence-corrected chi connectivity index (χ2v) is 4.64. The summed E-state index contributed by atoms with van der Waals surface area (Å²) in [6.45, 7) is 3.71. The molecule has 106 valence electrons. The van der Waals surface area contributed by atoms with E-state index in [1.807, 2.05) is 13.8 Å². The topological polar surface area (TPSA) is 76.7 Å². The Kier molecular flexibility index (Phi) is 4.08. The molecule has 0 bridgehead atoms. The maximum absolute atomic E-state index is 11.3. The zero-order chi connectivity index (χ0) is 14.7. The van der Waals surface area contributed by atoms with Gasteiger partial charge < -0.3 is 14.3 Å². The molecule has 0 aliphatic rings. The maximum Gasteiger partial charge on any atom is 0.344 e.